The Morgan fingerprint density at radius 1 is 1.15 bits per heavy atom. The van der Waals surface area contributed by atoms with Crippen molar-refractivity contribution in [2.75, 3.05) is 6.54 Å². The normalized spacial score (nSPS) is 13.7. The second-order valence-corrected chi connectivity index (χ2v) is 5.90. The predicted octanol–water partition coefficient (Wildman–Crippen LogP) is 2.58. The molecule has 0 aliphatic carbocycles. The number of carboxylic acid groups (broad SMARTS) is 1. The van der Waals surface area contributed by atoms with Gasteiger partial charge in [0.15, 0.2) is 0 Å². The summed E-state index contributed by atoms with van der Waals surface area (Å²) >= 11 is 0. The van der Waals surface area contributed by atoms with Gasteiger partial charge in [-0.05, 0) is 25.5 Å². The van der Waals surface area contributed by atoms with Gasteiger partial charge in [-0.3, -0.25) is 9.59 Å². The van der Waals surface area contributed by atoms with Crippen LogP contribution in [0, 0.1) is 6.92 Å². The third kappa shape index (κ3) is 4.16. The van der Waals surface area contributed by atoms with Gasteiger partial charge in [-0.15, -0.1) is 0 Å². The summed E-state index contributed by atoms with van der Waals surface area (Å²) in [4.78, 5) is 30.4. The molecule has 1 heterocycles. The molecule has 0 spiro atoms. The second-order valence-electron chi connectivity index (χ2n) is 5.90. The van der Waals surface area contributed by atoms with Gasteiger partial charge in [-0.1, -0.05) is 30.3 Å². The van der Waals surface area contributed by atoms with Crippen LogP contribution in [0.2, 0.25) is 0 Å². The van der Waals surface area contributed by atoms with Crippen LogP contribution in [0.1, 0.15) is 34.5 Å². The molecular formula is C17H16F3N3O3. The molecule has 0 bridgehead atoms. The van der Waals surface area contributed by atoms with Gasteiger partial charge in [0.2, 0.25) is 5.82 Å². The number of hydrogen-bond acceptors (Lipinski definition) is 4. The molecule has 0 radical (unpaired) electrons. The standard InChI is InChI=1S/C17H16F3N3O3/c1-10-8-12(23-14(22-10)17(18,19)20)13(24)21-9-16(2,15(25)26)11-6-4-3-5-7-11/h3-8H,9H2,1-2H3,(H,21,24)(H,25,26). The zero-order valence-corrected chi connectivity index (χ0v) is 14.0. The van der Waals surface area contributed by atoms with E-state index in [2.05, 4.69) is 15.3 Å². The SMILES string of the molecule is Cc1cc(C(=O)NCC(C)(C(=O)O)c2ccccc2)nc(C(F)(F)F)n1. The van der Waals surface area contributed by atoms with Crippen molar-refractivity contribution in [3.63, 3.8) is 0 Å². The van der Waals surface area contributed by atoms with Gasteiger partial charge in [0.1, 0.15) is 11.1 Å². The van der Waals surface area contributed by atoms with Gasteiger partial charge < -0.3 is 10.4 Å². The summed E-state index contributed by atoms with van der Waals surface area (Å²) in [6.45, 7) is 2.39. The molecule has 0 aliphatic rings. The fourth-order valence-electron chi connectivity index (χ4n) is 2.27. The van der Waals surface area contributed by atoms with Crippen LogP contribution in [0.25, 0.3) is 0 Å². The number of hydrogen-bond donors (Lipinski definition) is 2. The van der Waals surface area contributed by atoms with Crippen molar-refractivity contribution in [3.8, 4) is 0 Å². The number of amides is 1. The lowest BCUT2D eigenvalue weighted by molar-refractivity contribution is -0.145. The fourth-order valence-corrected chi connectivity index (χ4v) is 2.27. The number of benzene rings is 1. The number of carbonyl (C=O) groups is 2. The number of alkyl halides is 3. The molecule has 1 amide bonds. The van der Waals surface area contributed by atoms with Gasteiger partial charge >= 0.3 is 12.1 Å². The Morgan fingerprint density at radius 3 is 2.31 bits per heavy atom. The van der Waals surface area contributed by atoms with Crippen molar-refractivity contribution < 1.29 is 27.9 Å². The Balaban J connectivity index is 2.25. The predicted molar refractivity (Wildman–Crippen MR) is 85.5 cm³/mol. The first-order valence-corrected chi connectivity index (χ1v) is 7.54. The maximum Gasteiger partial charge on any atom is 0.451 e. The van der Waals surface area contributed by atoms with Crippen LogP contribution in [-0.4, -0.2) is 33.5 Å². The number of nitrogens with one attached hydrogen (secondary N) is 1. The van der Waals surface area contributed by atoms with Crippen molar-refractivity contribution in [3.05, 3.63) is 59.2 Å². The molecule has 2 aromatic rings. The van der Waals surface area contributed by atoms with Crippen LogP contribution >= 0.6 is 0 Å². The Kier molecular flexibility index (Phi) is 5.29. The largest absolute Gasteiger partial charge is 0.481 e. The van der Waals surface area contributed by atoms with Crippen LogP contribution in [0.3, 0.4) is 0 Å². The molecular weight excluding hydrogens is 351 g/mol. The van der Waals surface area contributed by atoms with E-state index in [9.17, 15) is 27.9 Å². The minimum atomic E-state index is -4.79. The first-order valence-electron chi connectivity index (χ1n) is 7.54. The number of halogens is 3. The molecule has 1 unspecified atom stereocenters. The molecule has 1 aromatic heterocycles. The average molecular weight is 367 g/mol. The van der Waals surface area contributed by atoms with Crippen LogP contribution in [0.15, 0.2) is 36.4 Å². The molecule has 9 heteroatoms. The second kappa shape index (κ2) is 7.11. The Hall–Kier alpha value is -2.97. The minimum absolute atomic E-state index is 0.0264. The molecule has 0 saturated carbocycles. The lowest BCUT2D eigenvalue weighted by Crippen LogP contribution is -2.44. The van der Waals surface area contributed by atoms with E-state index in [4.69, 9.17) is 0 Å². The van der Waals surface area contributed by atoms with Crippen LogP contribution < -0.4 is 5.32 Å². The molecule has 2 rings (SSSR count). The first kappa shape index (κ1) is 19.4. The van der Waals surface area contributed by atoms with E-state index >= 15 is 0 Å². The van der Waals surface area contributed by atoms with E-state index in [1.807, 2.05) is 0 Å². The molecule has 1 atom stereocenters. The van der Waals surface area contributed by atoms with Crippen LogP contribution in [0.5, 0.6) is 0 Å². The number of aromatic nitrogens is 2. The maximum atomic E-state index is 12.8. The topological polar surface area (TPSA) is 92.2 Å². The highest BCUT2D eigenvalue weighted by molar-refractivity contribution is 5.93. The summed E-state index contributed by atoms with van der Waals surface area (Å²) < 4.78 is 38.3. The van der Waals surface area contributed by atoms with Gasteiger partial charge in [0, 0.05) is 12.2 Å². The van der Waals surface area contributed by atoms with Gasteiger partial charge in [-0.2, -0.15) is 13.2 Å². The van der Waals surface area contributed by atoms with Gasteiger partial charge in [-0.25, -0.2) is 9.97 Å². The number of nitrogens with zero attached hydrogens (tertiary/aromatic N) is 2. The average Bonchev–Trinajstić information content (AvgIpc) is 2.58. The summed E-state index contributed by atoms with van der Waals surface area (Å²) in [5, 5.41) is 11.9. The van der Waals surface area contributed by atoms with Crippen molar-refractivity contribution >= 4 is 11.9 Å². The number of carboxylic acids is 1. The van der Waals surface area contributed by atoms with E-state index in [0.29, 0.717) is 5.56 Å². The van der Waals surface area contributed by atoms with Crippen molar-refractivity contribution in [1.82, 2.24) is 15.3 Å². The molecule has 6 nitrogen and oxygen atoms in total. The maximum absolute atomic E-state index is 12.8. The summed E-state index contributed by atoms with van der Waals surface area (Å²) in [7, 11) is 0. The monoisotopic (exact) mass is 367 g/mol. The van der Waals surface area contributed by atoms with E-state index in [-0.39, 0.29) is 12.2 Å². The highest BCUT2D eigenvalue weighted by Gasteiger charge is 2.37. The highest BCUT2D eigenvalue weighted by atomic mass is 19.4. The van der Waals surface area contributed by atoms with Gasteiger partial charge in [0.05, 0.1) is 0 Å². The van der Waals surface area contributed by atoms with E-state index in [1.54, 1.807) is 30.3 Å². The van der Waals surface area contributed by atoms with Crippen molar-refractivity contribution in [2.24, 2.45) is 0 Å². The van der Waals surface area contributed by atoms with E-state index in [0.717, 1.165) is 6.07 Å². The van der Waals surface area contributed by atoms with Crippen LogP contribution in [0.4, 0.5) is 13.2 Å². The number of rotatable bonds is 5. The molecule has 138 valence electrons. The summed E-state index contributed by atoms with van der Waals surface area (Å²) in [6.07, 6.45) is -4.79. The van der Waals surface area contributed by atoms with Crippen molar-refractivity contribution in [1.29, 1.82) is 0 Å². The van der Waals surface area contributed by atoms with E-state index in [1.165, 1.54) is 13.8 Å². The Morgan fingerprint density at radius 2 is 1.77 bits per heavy atom. The zero-order chi connectivity index (χ0) is 19.5. The number of carbonyl (C=O) groups excluding carboxylic acids is 1. The molecule has 0 saturated heterocycles. The first-order chi connectivity index (χ1) is 12.0. The molecule has 0 aliphatic heterocycles. The summed E-state index contributed by atoms with van der Waals surface area (Å²) in [5.74, 6) is -3.52. The Labute approximate surface area is 147 Å². The third-order valence-corrected chi connectivity index (χ3v) is 3.83. The molecule has 0 fully saturated rings. The van der Waals surface area contributed by atoms with E-state index < -0.39 is 35.0 Å². The van der Waals surface area contributed by atoms with Crippen LogP contribution in [-0.2, 0) is 16.4 Å². The molecule has 2 N–H and O–H groups in total. The smallest absolute Gasteiger partial charge is 0.451 e. The summed E-state index contributed by atoms with van der Waals surface area (Å²) in [6, 6.07) is 9.31. The molecule has 26 heavy (non-hydrogen) atoms. The lowest BCUT2D eigenvalue weighted by atomic mass is 9.82. The highest BCUT2D eigenvalue weighted by Crippen LogP contribution is 2.26. The minimum Gasteiger partial charge on any atom is -0.481 e. The number of aliphatic carboxylic acids is 1. The quantitative estimate of drug-likeness (QED) is 0.847. The Bertz CT molecular complexity index is 825. The lowest BCUT2D eigenvalue weighted by Gasteiger charge is -2.25. The fraction of sp³-hybridized carbons (Fsp3) is 0.294. The molecule has 1 aromatic carbocycles. The third-order valence-electron chi connectivity index (χ3n) is 3.83. The van der Waals surface area contributed by atoms with Gasteiger partial charge in [0.25, 0.3) is 5.91 Å². The number of aryl methyl sites for hydroxylation is 1. The zero-order valence-electron chi connectivity index (χ0n) is 14.0. The van der Waals surface area contributed by atoms with Crippen molar-refractivity contribution in [2.45, 2.75) is 25.4 Å². The summed E-state index contributed by atoms with van der Waals surface area (Å²) in [5.41, 5.74) is -1.51.